The number of nitrogens with one attached hydrogen (secondary N) is 1. The van der Waals surface area contributed by atoms with Gasteiger partial charge in [0.15, 0.2) is 5.13 Å². The Morgan fingerprint density at radius 2 is 1.86 bits per heavy atom. The maximum atomic E-state index is 12.7. The van der Waals surface area contributed by atoms with Gasteiger partial charge < -0.3 is 0 Å². The van der Waals surface area contributed by atoms with Crippen LogP contribution in [0.2, 0.25) is 0 Å². The van der Waals surface area contributed by atoms with Crippen molar-refractivity contribution in [1.29, 1.82) is 0 Å². The van der Waals surface area contributed by atoms with Gasteiger partial charge in [-0.3, -0.25) is 24.6 Å². The van der Waals surface area contributed by atoms with Gasteiger partial charge in [-0.2, -0.15) is 0 Å². The molecule has 2 heterocycles. The summed E-state index contributed by atoms with van der Waals surface area (Å²) in [5, 5.41) is 3.33. The number of anilines is 2. The van der Waals surface area contributed by atoms with Crippen molar-refractivity contribution in [2.24, 2.45) is 0 Å². The summed E-state index contributed by atoms with van der Waals surface area (Å²) in [6, 6.07) is 12.6. The average molecular weight is 393 g/mol. The van der Waals surface area contributed by atoms with Crippen LogP contribution in [0.4, 0.5) is 10.8 Å². The number of nitrogens with zero attached hydrogens (tertiary/aromatic N) is 2. The summed E-state index contributed by atoms with van der Waals surface area (Å²) in [5.41, 5.74) is 2.85. The van der Waals surface area contributed by atoms with Crippen molar-refractivity contribution < 1.29 is 14.4 Å². The number of fused-ring (bicyclic) bond motifs is 1. The van der Waals surface area contributed by atoms with Crippen molar-refractivity contribution in [2.45, 2.75) is 32.6 Å². The van der Waals surface area contributed by atoms with E-state index in [1.54, 1.807) is 24.3 Å². The van der Waals surface area contributed by atoms with Gasteiger partial charge in [-0.25, -0.2) is 4.98 Å². The minimum absolute atomic E-state index is 0.208. The number of benzene rings is 2. The standard InChI is InChI=1S/C21H19N3O3S/c1-12(2)13-6-7-16-17(11-13)28-21(22-16)23-20(27)14-4-3-5-15(10-14)24-18(25)8-9-19(24)26/h3-7,10-12H,8-9H2,1-2H3,(H,22,23,27). The molecule has 0 bridgehead atoms. The summed E-state index contributed by atoms with van der Waals surface area (Å²) in [4.78, 5) is 42.1. The molecule has 0 aliphatic carbocycles. The topological polar surface area (TPSA) is 79.4 Å². The van der Waals surface area contributed by atoms with Crippen LogP contribution in [-0.2, 0) is 9.59 Å². The number of rotatable bonds is 4. The lowest BCUT2D eigenvalue weighted by molar-refractivity contribution is -0.121. The summed E-state index contributed by atoms with van der Waals surface area (Å²) in [6.45, 7) is 4.27. The number of carbonyl (C=O) groups excluding carboxylic acids is 3. The number of aromatic nitrogens is 1. The zero-order valence-corrected chi connectivity index (χ0v) is 16.4. The molecule has 1 aliphatic heterocycles. The zero-order valence-electron chi connectivity index (χ0n) is 15.6. The monoisotopic (exact) mass is 393 g/mol. The third kappa shape index (κ3) is 3.41. The molecule has 3 aromatic rings. The lowest BCUT2D eigenvalue weighted by atomic mass is 10.0. The molecular formula is C21H19N3O3S. The zero-order chi connectivity index (χ0) is 19.8. The fourth-order valence-corrected chi connectivity index (χ4v) is 4.08. The molecule has 6 nitrogen and oxygen atoms in total. The van der Waals surface area contributed by atoms with E-state index in [1.807, 2.05) is 12.1 Å². The molecule has 1 N–H and O–H groups in total. The first-order valence-electron chi connectivity index (χ1n) is 9.10. The van der Waals surface area contributed by atoms with Crippen molar-refractivity contribution in [3.8, 4) is 0 Å². The lowest BCUT2D eigenvalue weighted by Crippen LogP contribution is -2.28. The van der Waals surface area contributed by atoms with Crippen LogP contribution in [0.15, 0.2) is 42.5 Å². The first-order chi connectivity index (χ1) is 13.4. The Balaban J connectivity index is 1.57. The van der Waals surface area contributed by atoms with Crippen LogP contribution in [0.5, 0.6) is 0 Å². The van der Waals surface area contributed by atoms with Gasteiger partial charge in [-0.05, 0) is 41.8 Å². The smallest absolute Gasteiger partial charge is 0.257 e. The van der Waals surface area contributed by atoms with E-state index in [1.165, 1.54) is 16.9 Å². The summed E-state index contributed by atoms with van der Waals surface area (Å²) in [5.74, 6) is -0.392. The van der Waals surface area contributed by atoms with Gasteiger partial charge >= 0.3 is 0 Å². The van der Waals surface area contributed by atoms with Gasteiger partial charge in [-0.1, -0.05) is 37.3 Å². The van der Waals surface area contributed by atoms with Crippen molar-refractivity contribution >= 4 is 50.1 Å². The Morgan fingerprint density at radius 1 is 1.11 bits per heavy atom. The first kappa shape index (κ1) is 18.3. The van der Waals surface area contributed by atoms with E-state index in [4.69, 9.17) is 0 Å². The lowest BCUT2D eigenvalue weighted by Gasteiger charge is -2.14. The minimum atomic E-state index is -0.330. The van der Waals surface area contributed by atoms with E-state index in [9.17, 15) is 14.4 Å². The molecule has 7 heteroatoms. The molecule has 28 heavy (non-hydrogen) atoms. The van der Waals surface area contributed by atoms with Gasteiger partial charge in [-0.15, -0.1) is 0 Å². The Hall–Kier alpha value is -3.06. The van der Waals surface area contributed by atoms with Gasteiger partial charge in [0.2, 0.25) is 11.8 Å². The molecule has 1 aromatic heterocycles. The molecule has 1 fully saturated rings. The normalized spacial score (nSPS) is 14.3. The molecule has 0 atom stereocenters. The molecule has 142 valence electrons. The predicted molar refractivity (Wildman–Crippen MR) is 110 cm³/mol. The van der Waals surface area contributed by atoms with Crippen LogP contribution in [0, 0.1) is 0 Å². The predicted octanol–water partition coefficient (Wildman–Crippen LogP) is 4.33. The van der Waals surface area contributed by atoms with Crippen LogP contribution < -0.4 is 10.2 Å². The molecule has 1 aliphatic rings. The Labute approximate surface area is 166 Å². The first-order valence-corrected chi connectivity index (χ1v) is 9.92. The highest BCUT2D eigenvalue weighted by atomic mass is 32.1. The summed E-state index contributed by atoms with van der Waals surface area (Å²) >= 11 is 1.42. The Morgan fingerprint density at radius 3 is 2.57 bits per heavy atom. The number of thiazole rings is 1. The van der Waals surface area contributed by atoms with E-state index in [0.29, 0.717) is 22.3 Å². The third-order valence-electron chi connectivity index (χ3n) is 4.72. The molecule has 0 saturated carbocycles. The minimum Gasteiger partial charge on any atom is -0.298 e. The van der Waals surface area contributed by atoms with Crippen molar-refractivity contribution in [2.75, 3.05) is 10.2 Å². The van der Waals surface area contributed by atoms with Crippen LogP contribution in [-0.4, -0.2) is 22.7 Å². The highest BCUT2D eigenvalue weighted by Crippen LogP contribution is 2.30. The fourth-order valence-electron chi connectivity index (χ4n) is 3.17. The number of carbonyl (C=O) groups is 3. The van der Waals surface area contributed by atoms with Gasteiger partial charge in [0.25, 0.3) is 5.91 Å². The van der Waals surface area contributed by atoms with Gasteiger partial charge in [0.05, 0.1) is 15.9 Å². The van der Waals surface area contributed by atoms with Crippen LogP contribution in [0.25, 0.3) is 10.2 Å². The molecule has 2 aromatic carbocycles. The third-order valence-corrected chi connectivity index (χ3v) is 5.65. The molecular weight excluding hydrogens is 374 g/mol. The van der Waals surface area contributed by atoms with Gasteiger partial charge in [0.1, 0.15) is 0 Å². The highest BCUT2D eigenvalue weighted by molar-refractivity contribution is 7.22. The molecule has 1 saturated heterocycles. The molecule has 0 unspecified atom stereocenters. The quantitative estimate of drug-likeness (QED) is 0.669. The SMILES string of the molecule is CC(C)c1ccc2nc(NC(=O)c3cccc(N4C(=O)CCC4=O)c3)sc2c1. The van der Waals surface area contributed by atoms with Crippen molar-refractivity contribution in [3.63, 3.8) is 0 Å². The van der Waals surface area contributed by atoms with Crippen LogP contribution in [0.1, 0.15) is 48.5 Å². The second-order valence-electron chi connectivity index (χ2n) is 7.03. The largest absolute Gasteiger partial charge is 0.298 e. The van der Waals surface area contributed by atoms with E-state index < -0.39 is 0 Å². The fraction of sp³-hybridized carbons (Fsp3) is 0.238. The second-order valence-corrected chi connectivity index (χ2v) is 8.06. The Bertz CT molecular complexity index is 1090. The van der Waals surface area contributed by atoms with E-state index >= 15 is 0 Å². The van der Waals surface area contributed by atoms with Crippen LogP contribution >= 0.6 is 11.3 Å². The average Bonchev–Trinajstić information content (AvgIpc) is 3.23. The van der Waals surface area contributed by atoms with Crippen molar-refractivity contribution in [3.05, 3.63) is 53.6 Å². The number of amides is 3. The van der Waals surface area contributed by atoms with Gasteiger partial charge in [0, 0.05) is 18.4 Å². The number of hydrogen-bond donors (Lipinski definition) is 1. The summed E-state index contributed by atoms with van der Waals surface area (Å²) < 4.78 is 1.02. The number of hydrogen-bond acceptors (Lipinski definition) is 5. The molecule has 0 radical (unpaired) electrons. The summed E-state index contributed by atoms with van der Waals surface area (Å²) in [7, 11) is 0. The maximum absolute atomic E-state index is 12.7. The Kier molecular flexibility index (Phi) is 4.68. The molecule has 4 rings (SSSR count). The summed E-state index contributed by atoms with van der Waals surface area (Å²) in [6.07, 6.45) is 0.415. The van der Waals surface area contributed by atoms with Crippen LogP contribution in [0.3, 0.4) is 0 Å². The van der Waals surface area contributed by atoms with E-state index in [-0.39, 0.29) is 30.6 Å². The molecule has 0 spiro atoms. The van der Waals surface area contributed by atoms with E-state index in [0.717, 1.165) is 15.1 Å². The van der Waals surface area contributed by atoms with E-state index in [2.05, 4.69) is 30.2 Å². The highest BCUT2D eigenvalue weighted by Gasteiger charge is 2.30. The van der Waals surface area contributed by atoms with Crippen molar-refractivity contribution in [1.82, 2.24) is 4.98 Å². The molecule has 3 amide bonds. The number of imide groups is 1. The maximum Gasteiger partial charge on any atom is 0.257 e. The second kappa shape index (κ2) is 7.16.